The summed E-state index contributed by atoms with van der Waals surface area (Å²) in [5.74, 6) is 1.65. The lowest BCUT2D eigenvalue weighted by Crippen LogP contribution is -2.11. The lowest BCUT2D eigenvalue weighted by molar-refractivity contribution is -0.131. The molecule has 0 saturated heterocycles. The van der Waals surface area contributed by atoms with Gasteiger partial charge in [0.25, 0.3) is 0 Å². The molecule has 0 radical (unpaired) electrons. The van der Waals surface area contributed by atoms with Gasteiger partial charge in [-0.25, -0.2) is 0 Å². The summed E-state index contributed by atoms with van der Waals surface area (Å²) in [6, 6.07) is 6.88. The predicted molar refractivity (Wildman–Crippen MR) is 107 cm³/mol. The fourth-order valence-corrected chi connectivity index (χ4v) is 3.45. The minimum atomic E-state index is -0.485. The predicted octanol–water partition coefficient (Wildman–Crippen LogP) is 3.48. The lowest BCUT2D eigenvalue weighted by atomic mass is 9.86. The summed E-state index contributed by atoms with van der Waals surface area (Å²) in [6.07, 6.45) is 0.159. The number of ether oxygens (including phenoxy) is 6. The molecule has 1 heterocycles. The van der Waals surface area contributed by atoms with Crippen molar-refractivity contribution in [2.75, 3.05) is 28.1 Å². The van der Waals surface area contributed by atoms with Crippen LogP contribution >= 0.6 is 0 Å². The van der Waals surface area contributed by atoms with E-state index in [0.717, 1.165) is 5.56 Å². The van der Waals surface area contributed by atoms with E-state index >= 15 is 0 Å². The molecule has 8 heteroatoms. The molecule has 0 bridgehead atoms. The topological polar surface area (TPSA) is 89.5 Å². The molecule has 0 aromatic heterocycles. The van der Waals surface area contributed by atoms with E-state index < -0.39 is 11.9 Å². The summed E-state index contributed by atoms with van der Waals surface area (Å²) in [6.45, 7) is 2.89. The van der Waals surface area contributed by atoms with Gasteiger partial charge in [-0.3, -0.25) is 9.59 Å². The van der Waals surface area contributed by atoms with E-state index in [1.807, 2.05) is 0 Å². The summed E-state index contributed by atoms with van der Waals surface area (Å²) in [4.78, 5) is 23.9. The number of methoxy groups -OCH3 is 3. The quantitative estimate of drug-likeness (QED) is 0.477. The molecule has 0 saturated carbocycles. The molecule has 0 unspecified atom stereocenters. The zero-order chi connectivity index (χ0) is 21.8. The maximum atomic E-state index is 12.1. The van der Waals surface area contributed by atoms with E-state index in [4.69, 9.17) is 28.4 Å². The van der Waals surface area contributed by atoms with E-state index in [-0.39, 0.29) is 19.0 Å². The van der Waals surface area contributed by atoms with Gasteiger partial charge in [0.15, 0.2) is 23.0 Å². The van der Waals surface area contributed by atoms with Crippen molar-refractivity contribution in [2.24, 2.45) is 0 Å². The van der Waals surface area contributed by atoms with Gasteiger partial charge in [-0.1, -0.05) is 0 Å². The highest BCUT2D eigenvalue weighted by atomic mass is 16.7. The average molecular weight is 416 g/mol. The van der Waals surface area contributed by atoms with Crippen molar-refractivity contribution >= 4 is 11.8 Å². The highest BCUT2D eigenvalue weighted by Crippen LogP contribution is 2.47. The second kappa shape index (κ2) is 8.94. The van der Waals surface area contributed by atoms with Gasteiger partial charge in [0.1, 0.15) is 11.5 Å². The van der Waals surface area contributed by atoms with Gasteiger partial charge in [0.05, 0.1) is 21.3 Å². The molecule has 0 aliphatic carbocycles. The van der Waals surface area contributed by atoms with E-state index in [2.05, 4.69) is 0 Å². The van der Waals surface area contributed by atoms with Crippen molar-refractivity contribution in [3.8, 4) is 34.5 Å². The first kappa shape index (κ1) is 21.3. The van der Waals surface area contributed by atoms with Crippen LogP contribution < -0.4 is 28.4 Å². The molecule has 2 aromatic rings. The number of esters is 1. The monoisotopic (exact) mass is 416 g/mol. The summed E-state index contributed by atoms with van der Waals surface area (Å²) in [5, 5.41) is 0. The Labute approximate surface area is 174 Å². The minimum Gasteiger partial charge on any atom is -0.493 e. The number of ketones is 1. The van der Waals surface area contributed by atoms with Crippen LogP contribution in [0.25, 0.3) is 0 Å². The van der Waals surface area contributed by atoms with Crippen LogP contribution in [0.1, 0.15) is 37.3 Å². The number of Topliss-reactive ketones (excluding diaryl/α,β-unsaturated/α-hetero) is 1. The highest BCUT2D eigenvalue weighted by Gasteiger charge is 2.28. The van der Waals surface area contributed by atoms with Gasteiger partial charge in [0.2, 0.25) is 12.5 Å². The molecule has 0 spiro atoms. The fraction of sp³-hybridized carbons (Fsp3) is 0.364. The van der Waals surface area contributed by atoms with Crippen molar-refractivity contribution < 1.29 is 38.0 Å². The van der Waals surface area contributed by atoms with Gasteiger partial charge >= 0.3 is 5.97 Å². The molecular weight excluding hydrogens is 392 g/mol. The Morgan fingerprint density at radius 2 is 1.50 bits per heavy atom. The van der Waals surface area contributed by atoms with Crippen LogP contribution in [0.3, 0.4) is 0 Å². The second-order valence-corrected chi connectivity index (χ2v) is 6.75. The number of carbonyl (C=O) groups excluding carboxylic acids is 2. The Bertz CT molecular complexity index is 941. The van der Waals surface area contributed by atoms with Crippen LogP contribution in [-0.2, 0) is 9.59 Å². The zero-order valence-corrected chi connectivity index (χ0v) is 17.6. The molecule has 1 aliphatic heterocycles. The Balaban J connectivity index is 2.21. The van der Waals surface area contributed by atoms with E-state index in [0.29, 0.717) is 40.1 Å². The van der Waals surface area contributed by atoms with Crippen molar-refractivity contribution in [1.82, 2.24) is 0 Å². The molecule has 8 nitrogen and oxygen atoms in total. The summed E-state index contributed by atoms with van der Waals surface area (Å²) in [5.41, 5.74) is 1.34. The van der Waals surface area contributed by atoms with Crippen LogP contribution in [-0.4, -0.2) is 39.9 Å². The van der Waals surface area contributed by atoms with Crippen LogP contribution in [0.5, 0.6) is 34.5 Å². The SMILES string of the molecule is COc1cc([C@H](CC(C)=O)c2cc3c(cc2OC(C)=O)OCO3)cc(OC)c1OC. The Morgan fingerprint density at radius 3 is 2.00 bits per heavy atom. The molecular formula is C22H24O8. The van der Waals surface area contributed by atoms with E-state index in [1.165, 1.54) is 35.2 Å². The number of carbonyl (C=O) groups is 2. The molecule has 2 aromatic carbocycles. The van der Waals surface area contributed by atoms with Crippen molar-refractivity contribution in [1.29, 1.82) is 0 Å². The normalized spacial score (nSPS) is 12.8. The van der Waals surface area contributed by atoms with Gasteiger partial charge in [-0.05, 0) is 30.7 Å². The Kier molecular flexibility index (Phi) is 6.34. The molecule has 1 atom stereocenters. The van der Waals surface area contributed by atoms with E-state index in [1.54, 1.807) is 24.3 Å². The third-order valence-corrected chi connectivity index (χ3v) is 4.72. The Hall–Kier alpha value is -3.42. The minimum absolute atomic E-state index is 0.0415. The fourth-order valence-electron chi connectivity index (χ4n) is 3.45. The first-order chi connectivity index (χ1) is 14.4. The number of benzene rings is 2. The number of hydrogen-bond donors (Lipinski definition) is 0. The standard InChI is InChI=1S/C22H24O8/c1-12(23)6-15(14-7-20(25-3)22(27-5)21(8-14)26-4)16-9-18-19(29-11-28-18)10-17(16)30-13(2)24/h7-10,15H,6,11H2,1-5H3/t15-/m0/s1. The molecule has 0 fully saturated rings. The van der Waals surface area contributed by atoms with Gasteiger partial charge in [0, 0.05) is 30.9 Å². The van der Waals surface area contributed by atoms with Crippen LogP contribution in [0.4, 0.5) is 0 Å². The molecule has 160 valence electrons. The maximum Gasteiger partial charge on any atom is 0.308 e. The van der Waals surface area contributed by atoms with Crippen molar-refractivity contribution in [2.45, 2.75) is 26.2 Å². The van der Waals surface area contributed by atoms with Crippen LogP contribution in [0.15, 0.2) is 24.3 Å². The molecule has 1 aliphatic rings. The van der Waals surface area contributed by atoms with Crippen molar-refractivity contribution in [3.05, 3.63) is 35.4 Å². The van der Waals surface area contributed by atoms with Crippen LogP contribution in [0.2, 0.25) is 0 Å². The van der Waals surface area contributed by atoms with Crippen LogP contribution in [0, 0.1) is 0 Å². The molecule has 30 heavy (non-hydrogen) atoms. The summed E-state index contributed by atoms with van der Waals surface area (Å²) in [7, 11) is 4.56. The first-order valence-corrected chi connectivity index (χ1v) is 9.29. The maximum absolute atomic E-state index is 12.1. The first-order valence-electron chi connectivity index (χ1n) is 9.29. The van der Waals surface area contributed by atoms with Gasteiger partial charge in [-0.2, -0.15) is 0 Å². The third-order valence-electron chi connectivity index (χ3n) is 4.72. The molecule has 0 N–H and O–H groups in total. The third kappa shape index (κ3) is 4.27. The lowest BCUT2D eigenvalue weighted by Gasteiger charge is -2.22. The molecule has 0 amide bonds. The van der Waals surface area contributed by atoms with E-state index in [9.17, 15) is 9.59 Å². The Morgan fingerprint density at radius 1 is 0.900 bits per heavy atom. The number of fused-ring (bicyclic) bond motifs is 1. The van der Waals surface area contributed by atoms with Gasteiger partial charge in [-0.15, -0.1) is 0 Å². The number of rotatable bonds is 8. The van der Waals surface area contributed by atoms with Crippen molar-refractivity contribution in [3.63, 3.8) is 0 Å². The highest BCUT2D eigenvalue weighted by molar-refractivity contribution is 5.78. The molecule has 3 rings (SSSR count). The summed E-state index contributed by atoms with van der Waals surface area (Å²) >= 11 is 0. The number of hydrogen-bond acceptors (Lipinski definition) is 8. The zero-order valence-electron chi connectivity index (χ0n) is 17.6. The largest absolute Gasteiger partial charge is 0.493 e. The van der Waals surface area contributed by atoms with Gasteiger partial charge < -0.3 is 28.4 Å². The smallest absolute Gasteiger partial charge is 0.308 e. The average Bonchev–Trinajstić information content (AvgIpc) is 3.17. The summed E-state index contributed by atoms with van der Waals surface area (Å²) < 4.78 is 32.7. The second-order valence-electron chi connectivity index (χ2n) is 6.75.